The largest absolute Gasteiger partial charge is 0.487 e. The lowest BCUT2D eigenvalue weighted by molar-refractivity contribution is -0.386. The summed E-state index contributed by atoms with van der Waals surface area (Å²) in [4.78, 5) is 33.5. The molecule has 0 saturated heterocycles. The lowest BCUT2D eigenvalue weighted by Crippen LogP contribution is -2.16. The number of amides is 1. The van der Waals surface area contributed by atoms with Crippen LogP contribution in [0.3, 0.4) is 0 Å². The van der Waals surface area contributed by atoms with Crippen LogP contribution < -0.4 is 10.1 Å². The van der Waals surface area contributed by atoms with Crippen LogP contribution in [0.2, 0.25) is 0 Å². The van der Waals surface area contributed by atoms with Crippen molar-refractivity contribution in [2.75, 3.05) is 11.9 Å². The smallest absolute Gasteiger partial charge is 0.312 e. The molecule has 0 aliphatic heterocycles. The number of carbonyl (C=O) groups is 1. The summed E-state index contributed by atoms with van der Waals surface area (Å²) in [6.07, 6.45) is -1.34. The minimum absolute atomic E-state index is 0.00375. The molecule has 0 spiro atoms. The number of halogens is 2. The zero-order chi connectivity index (χ0) is 24.3. The molecule has 3 rings (SSSR count). The van der Waals surface area contributed by atoms with E-state index in [1.165, 1.54) is 41.5 Å². The van der Waals surface area contributed by atoms with E-state index in [4.69, 9.17) is 4.74 Å². The number of nitrogens with one attached hydrogen (secondary N) is 1. The second-order valence-corrected chi connectivity index (χ2v) is 6.79. The molecule has 174 valence electrons. The van der Waals surface area contributed by atoms with E-state index < -0.39 is 34.5 Å². The lowest BCUT2D eigenvalue weighted by atomic mass is 10.2. The summed E-state index contributed by atoms with van der Waals surface area (Å²) in [6.45, 7) is 2.06. The predicted octanol–water partition coefficient (Wildman–Crippen LogP) is 2.91. The molecule has 0 fully saturated rings. The zero-order valence-electron chi connectivity index (χ0n) is 17.3. The number of aromatic nitrogens is 4. The van der Waals surface area contributed by atoms with E-state index in [-0.39, 0.29) is 35.2 Å². The highest BCUT2D eigenvalue weighted by Crippen LogP contribution is 2.27. The van der Waals surface area contributed by atoms with Crippen molar-refractivity contribution in [2.24, 2.45) is 0 Å². The van der Waals surface area contributed by atoms with E-state index >= 15 is 0 Å². The summed E-state index contributed by atoms with van der Waals surface area (Å²) < 4.78 is 32.3. The van der Waals surface area contributed by atoms with Crippen molar-refractivity contribution < 1.29 is 28.2 Å². The maximum atomic E-state index is 12.5. The van der Waals surface area contributed by atoms with Crippen molar-refractivity contribution >= 4 is 23.0 Å². The number of alkyl halides is 2. The number of ether oxygens (including phenoxy) is 1. The first kappa shape index (κ1) is 23.2. The maximum absolute atomic E-state index is 12.5. The summed E-state index contributed by atoms with van der Waals surface area (Å²) >= 11 is 0. The summed E-state index contributed by atoms with van der Waals surface area (Å²) in [5, 5.41) is 32.8. The Bertz CT molecular complexity index is 1220. The third kappa shape index (κ3) is 5.44. The summed E-state index contributed by atoms with van der Waals surface area (Å²) in [6, 6.07) is 4.53. The number of anilines is 1. The molecule has 1 aromatic carbocycles. The fourth-order valence-corrected chi connectivity index (χ4v) is 2.99. The second-order valence-electron chi connectivity index (χ2n) is 6.79. The van der Waals surface area contributed by atoms with Gasteiger partial charge in [-0.2, -0.15) is 10.2 Å². The molecule has 0 aliphatic carbocycles. The van der Waals surface area contributed by atoms with Gasteiger partial charge in [0.1, 0.15) is 30.4 Å². The molecule has 1 amide bonds. The van der Waals surface area contributed by atoms with E-state index in [9.17, 15) is 33.8 Å². The maximum Gasteiger partial charge on any atom is 0.312 e. The van der Waals surface area contributed by atoms with Crippen LogP contribution in [0.5, 0.6) is 5.75 Å². The lowest BCUT2D eigenvalue weighted by Gasteiger charge is -2.09. The third-order valence-corrected chi connectivity index (χ3v) is 4.41. The molecule has 0 aliphatic rings. The number of aryl methyl sites for hydroxylation is 1. The van der Waals surface area contributed by atoms with Crippen molar-refractivity contribution in [3.63, 3.8) is 0 Å². The van der Waals surface area contributed by atoms with E-state index in [2.05, 4.69) is 15.5 Å². The Kier molecular flexibility index (Phi) is 6.60. The molecule has 0 unspecified atom stereocenters. The highest BCUT2D eigenvalue weighted by Gasteiger charge is 2.22. The number of nitro benzene ring substituents is 1. The molecule has 2 aromatic heterocycles. The van der Waals surface area contributed by atoms with Gasteiger partial charge in [-0.15, -0.1) is 0 Å². The van der Waals surface area contributed by atoms with Gasteiger partial charge in [0.05, 0.1) is 21.6 Å². The molecule has 0 radical (unpaired) electrons. The van der Waals surface area contributed by atoms with Gasteiger partial charge in [0, 0.05) is 18.3 Å². The van der Waals surface area contributed by atoms with Gasteiger partial charge in [0.15, 0.2) is 5.69 Å². The Labute approximate surface area is 183 Å². The van der Waals surface area contributed by atoms with Crippen molar-refractivity contribution in [3.05, 3.63) is 67.8 Å². The zero-order valence-corrected chi connectivity index (χ0v) is 17.3. The molecule has 0 atom stereocenters. The van der Waals surface area contributed by atoms with Crippen LogP contribution in [0, 0.1) is 34.1 Å². The van der Waals surface area contributed by atoms with E-state index in [1.807, 2.05) is 0 Å². The minimum atomic E-state index is -2.78. The van der Waals surface area contributed by atoms with Gasteiger partial charge >= 0.3 is 5.69 Å². The van der Waals surface area contributed by atoms with Crippen LogP contribution in [0.25, 0.3) is 0 Å². The minimum Gasteiger partial charge on any atom is -0.487 e. The molecule has 15 heteroatoms. The third-order valence-electron chi connectivity index (χ3n) is 4.41. The van der Waals surface area contributed by atoms with Gasteiger partial charge in [0.25, 0.3) is 18.0 Å². The van der Waals surface area contributed by atoms with Crippen molar-refractivity contribution in [2.45, 2.75) is 26.9 Å². The highest BCUT2D eigenvalue weighted by atomic mass is 19.3. The van der Waals surface area contributed by atoms with Gasteiger partial charge in [0.2, 0.25) is 0 Å². The molecule has 13 nitrogen and oxygen atoms in total. The fraction of sp³-hybridized carbons (Fsp3) is 0.278. The van der Waals surface area contributed by atoms with E-state index in [0.717, 1.165) is 12.1 Å². The standard InChI is InChI=1S/C18H17F2N7O6/c1-10-17(27(31)32)11(2)25(22-10)9-24-4-3-15(23-24)18(28)21-12-5-13(26(29)30)7-14(6-12)33-8-16(19)20/h3-7,16H,8-9H2,1-2H3,(H,21,28). The number of hydrogen-bond acceptors (Lipinski definition) is 8. The van der Waals surface area contributed by atoms with Crippen LogP contribution in [-0.4, -0.2) is 48.3 Å². The summed E-state index contributed by atoms with van der Waals surface area (Å²) in [5.74, 6) is -0.940. The fourth-order valence-electron chi connectivity index (χ4n) is 2.99. The molecule has 1 N–H and O–H groups in total. The number of nitrogens with zero attached hydrogens (tertiary/aromatic N) is 6. The van der Waals surface area contributed by atoms with Crippen LogP contribution in [0.15, 0.2) is 30.5 Å². The highest BCUT2D eigenvalue weighted by molar-refractivity contribution is 6.03. The SMILES string of the molecule is Cc1nn(Cn2ccc(C(=O)Nc3cc(OCC(F)F)cc([N+](=O)[O-])c3)n2)c(C)c1[N+](=O)[O-]. The molecule has 0 bridgehead atoms. The van der Waals surface area contributed by atoms with Crippen LogP contribution >= 0.6 is 0 Å². The Hall–Kier alpha value is -4.43. The van der Waals surface area contributed by atoms with E-state index in [1.54, 1.807) is 0 Å². The first-order valence-electron chi connectivity index (χ1n) is 9.28. The normalized spacial score (nSPS) is 10.9. The molecule has 2 heterocycles. The van der Waals surface area contributed by atoms with Gasteiger partial charge < -0.3 is 10.1 Å². The first-order valence-corrected chi connectivity index (χ1v) is 9.28. The van der Waals surface area contributed by atoms with Gasteiger partial charge in [-0.05, 0) is 19.9 Å². The predicted molar refractivity (Wildman–Crippen MR) is 109 cm³/mol. The second kappa shape index (κ2) is 9.37. The number of benzene rings is 1. The number of non-ortho nitro benzene ring substituents is 1. The van der Waals surface area contributed by atoms with Gasteiger partial charge in [-0.3, -0.25) is 29.7 Å². The molecule has 0 saturated carbocycles. The molecule has 33 heavy (non-hydrogen) atoms. The molecular weight excluding hydrogens is 448 g/mol. The first-order chi connectivity index (χ1) is 15.5. The summed E-state index contributed by atoms with van der Waals surface area (Å²) in [5.41, 5.74) is -0.149. The van der Waals surface area contributed by atoms with Crippen molar-refractivity contribution in [1.82, 2.24) is 19.6 Å². The van der Waals surface area contributed by atoms with Gasteiger partial charge in [-0.1, -0.05) is 0 Å². The quantitative estimate of drug-likeness (QED) is 0.373. The Morgan fingerprint density at radius 2 is 1.91 bits per heavy atom. The number of nitro groups is 2. The van der Waals surface area contributed by atoms with Gasteiger partial charge in [-0.25, -0.2) is 13.5 Å². The topological polar surface area (TPSA) is 160 Å². The monoisotopic (exact) mass is 465 g/mol. The van der Waals surface area contributed by atoms with Crippen molar-refractivity contribution in [1.29, 1.82) is 0 Å². The summed E-state index contributed by atoms with van der Waals surface area (Å²) in [7, 11) is 0. The van der Waals surface area contributed by atoms with E-state index in [0.29, 0.717) is 5.69 Å². The molecule has 3 aromatic rings. The Balaban J connectivity index is 1.76. The number of carbonyl (C=O) groups excluding carboxylic acids is 1. The van der Waals surface area contributed by atoms with Crippen LogP contribution in [0.1, 0.15) is 21.9 Å². The van der Waals surface area contributed by atoms with Crippen molar-refractivity contribution in [3.8, 4) is 5.75 Å². The number of hydrogen-bond donors (Lipinski definition) is 1. The number of rotatable bonds is 9. The average molecular weight is 465 g/mol. The van der Waals surface area contributed by atoms with Crippen LogP contribution in [0.4, 0.5) is 25.8 Å². The molecular formula is C18H17F2N7O6. The average Bonchev–Trinajstić information content (AvgIpc) is 3.30. The van der Waals surface area contributed by atoms with Crippen LogP contribution in [-0.2, 0) is 6.67 Å². The Morgan fingerprint density at radius 3 is 2.52 bits per heavy atom. The Morgan fingerprint density at radius 1 is 1.18 bits per heavy atom.